The van der Waals surface area contributed by atoms with Crippen molar-refractivity contribution in [3.63, 3.8) is 0 Å². The lowest BCUT2D eigenvalue weighted by Crippen LogP contribution is -2.43. The van der Waals surface area contributed by atoms with E-state index in [1.165, 1.54) is 5.56 Å². The summed E-state index contributed by atoms with van der Waals surface area (Å²) in [6, 6.07) is 18.3. The fourth-order valence-corrected chi connectivity index (χ4v) is 3.90. The molecule has 2 aromatic carbocycles. The third-order valence-corrected chi connectivity index (χ3v) is 5.48. The van der Waals surface area contributed by atoms with E-state index in [0.717, 1.165) is 43.8 Å². The highest BCUT2D eigenvalue weighted by atomic mass is 16.5. The number of ether oxygens (including phenoxy) is 1. The highest BCUT2D eigenvalue weighted by Crippen LogP contribution is 2.23. The van der Waals surface area contributed by atoms with Gasteiger partial charge in [-0.15, -0.1) is 0 Å². The SMILES string of the molecule is CCOc1ccc(CN2CCC(C(=O)N(CCO)Cc3ccccc3)CC2)cc1. The average Bonchev–Trinajstić information content (AvgIpc) is 2.76. The molecule has 0 spiro atoms. The van der Waals surface area contributed by atoms with Crippen molar-refractivity contribution in [3.8, 4) is 5.75 Å². The Hall–Kier alpha value is -2.37. The molecule has 2 aromatic rings. The zero-order valence-corrected chi connectivity index (χ0v) is 17.3. The summed E-state index contributed by atoms with van der Waals surface area (Å²) in [5.41, 5.74) is 2.37. The number of carbonyl (C=O) groups is 1. The highest BCUT2D eigenvalue weighted by molar-refractivity contribution is 5.79. The van der Waals surface area contributed by atoms with Gasteiger partial charge in [0.25, 0.3) is 0 Å². The van der Waals surface area contributed by atoms with Crippen molar-refractivity contribution < 1.29 is 14.6 Å². The third-order valence-electron chi connectivity index (χ3n) is 5.48. The number of aliphatic hydroxyl groups is 1. The van der Waals surface area contributed by atoms with Crippen molar-refractivity contribution in [2.45, 2.75) is 32.9 Å². The number of rotatable bonds is 9. The molecule has 0 radical (unpaired) electrons. The van der Waals surface area contributed by atoms with Crippen LogP contribution in [0.2, 0.25) is 0 Å². The third kappa shape index (κ3) is 6.31. The zero-order valence-electron chi connectivity index (χ0n) is 17.3. The monoisotopic (exact) mass is 396 g/mol. The van der Waals surface area contributed by atoms with Gasteiger partial charge in [0.15, 0.2) is 0 Å². The molecule has 0 bridgehead atoms. The van der Waals surface area contributed by atoms with Gasteiger partial charge in [0.05, 0.1) is 13.2 Å². The average molecular weight is 397 g/mol. The minimum Gasteiger partial charge on any atom is -0.494 e. The maximum atomic E-state index is 13.0. The lowest BCUT2D eigenvalue weighted by Gasteiger charge is -2.34. The molecule has 1 amide bonds. The smallest absolute Gasteiger partial charge is 0.226 e. The van der Waals surface area contributed by atoms with Crippen LogP contribution in [0.25, 0.3) is 0 Å². The van der Waals surface area contributed by atoms with E-state index in [9.17, 15) is 9.90 Å². The molecular formula is C24H32N2O3. The first-order valence-corrected chi connectivity index (χ1v) is 10.6. The number of hydrogen-bond donors (Lipinski definition) is 1. The first-order chi connectivity index (χ1) is 14.2. The van der Waals surface area contributed by atoms with Gasteiger partial charge in [-0.25, -0.2) is 0 Å². The van der Waals surface area contributed by atoms with Crippen LogP contribution in [0.3, 0.4) is 0 Å². The first-order valence-electron chi connectivity index (χ1n) is 10.6. The molecule has 5 nitrogen and oxygen atoms in total. The number of carbonyl (C=O) groups excluding carboxylic acids is 1. The van der Waals surface area contributed by atoms with E-state index in [2.05, 4.69) is 17.0 Å². The summed E-state index contributed by atoms with van der Waals surface area (Å²) < 4.78 is 5.50. The summed E-state index contributed by atoms with van der Waals surface area (Å²) in [5.74, 6) is 1.12. The second-order valence-electron chi connectivity index (χ2n) is 7.60. The Morgan fingerprint density at radius 3 is 2.38 bits per heavy atom. The second kappa shape index (κ2) is 11.0. The van der Waals surface area contributed by atoms with Crippen molar-refractivity contribution in [1.82, 2.24) is 9.80 Å². The molecule has 1 fully saturated rings. The van der Waals surface area contributed by atoms with Crippen LogP contribution in [0.15, 0.2) is 54.6 Å². The van der Waals surface area contributed by atoms with Crippen LogP contribution >= 0.6 is 0 Å². The topological polar surface area (TPSA) is 53.0 Å². The standard InChI is InChI=1S/C24H32N2O3/c1-2-29-23-10-8-21(9-11-23)18-25-14-12-22(13-15-25)24(28)26(16-17-27)19-20-6-4-3-5-7-20/h3-11,22,27H,2,12-19H2,1H3. The molecule has 0 aromatic heterocycles. The van der Waals surface area contributed by atoms with Gasteiger partial charge < -0.3 is 14.7 Å². The number of likely N-dealkylation sites (tertiary alicyclic amines) is 1. The molecule has 1 N–H and O–H groups in total. The Morgan fingerprint density at radius 2 is 1.76 bits per heavy atom. The van der Waals surface area contributed by atoms with Crippen molar-refractivity contribution in [3.05, 3.63) is 65.7 Å². The minimum atomic E-state index is -0.00480. The molecule has 0 atom stereocenters. The van der Waals surface area contributed by atoms with Crippen LogP contribution in [0.1, 0.15) is 30.9 Å². The molecule has 3 rings (SSSR count). The van der Waals surface area contributed by atoms with Crippen LogP contribution in [0, 0.1) is 5.92 Å². The number of aliphatic hydroxyl groups excluding tert-OH is 1. The van der Waals surface area contributed by atoms with Crippen LogP contribution in [0.4, 0.5) is 0 Å². The van der Waals surface area contributed by atoms with Crippen molar-refractivity contribution in [2.75, 3.05) is 32.8 Å². The lowest BCUT2D eigenvalue weighted by molar-refractivity contribution is -0.138. The predicted molar refractivity (Wildman–Crippen MR) is 115 cm³/mol. The summed E-state index contributed by atoms with van der Waals surface area (Å²) in [6.45, 7) is 6.35. The number of hydrogen-bond acceptors (Lipinski definition) is 4. The predicted octanol–water partition coefficient (Wildman–Crippen LogP) is 3.32. The van der Waals surface area contributed by atoms with Crippen LogP contribution in [-0.2, 0) is 17.9 Å². The normalized spacial score (nSPS) is 15.2. The van der Waals surface area contributed by atoms with Gasteiger partial charge in [-0.2, -0.15) is 0 Å². The molecule has 156 valence electrons. The number of piperidine rings is 1. The molecule has 5 heteroatoms. The van der Waals surface area contributed by atoms with Gasteiger partial charge in [0.1, 0.15) is 5.75 Å². The van der Waals surface area contributed by atoms with E-state index in [1.54, 1.807) is 0 Å². The van der Waals surface area contributed by atoms with Crippen molar-refractivity contribution in [1.29, 1.82) is 0 Å². The molecule has 1 aliphatic rings. The van der Waals surface area contributed by atoms with Gasteiger partial charge >= 0.3 is 0 Å². The van der Waals surface area contributed by atoms with Crippen LogP contribution in [-0.4, -0.2) is 53.7 Å². The quantitative estimate of drug-likeness (QED) is 0.707. The van der Waals surface area contributed by atoms with Gasteiger partial charge in [-0.1, -0.05) is 42.5 Å². The summed E-state index contributed by atoms with van der Waals surface area (Å²) in [5, 5.41) is 9.41. The van der Waals surface area contributed by atoms with Crippen LogP contribution in [0.5, 0.6) is 5.75 Å². The summed E-state index contributed by atoms with van der Waals surface area (Å²) in [7, 11) is 0. The Bertz CT molecular complexity index is 740. The van der Waals surface area contributed by atoms with E-state index in [4.69, 9.17) is 4.74 Å². The fraction of sp³-hybridized carbons (Fsp3) is 0.458. The number of benzene rings is 2. The Morgan fingerprint density at radius 1 is 1.07 bits per heavy atom. The molecule has 0 saturated carbocycles. The van der Waals surface area contributed by atoms with E-state index in [-0.39, 0.29) is 18.4 Å². The fourth-order valence-electron chi connectivity index (χ4n) is 3.90. The molecule has 0 unspecified atom stereocenters. The van der Waals surface area contributed by atoms with Gasteiger partial charge in [0, 0.05) is 25.6 Å². The molecule has 1 aliphatic heterocycles. The zero-order chi connectivity index (χ0) is 20.5. The molecule has 1 saturated heterocycles. The van der Waals surface area contributed by atoms with E-state index in [1.807, 2.05) is 54.3 Å². The highest BCUT2D eigenvalue weighted by Gasteiger charge is 2.28. The van der Waals surface area contributed by atoms with Gasteiger partial charge in [-0.3, -0.25) is 9.69 Å². The van der Waals surface area contributed by atoms with E-state index < -0.39 is 0 Å². The Labute approximate surface area is 173 Å². The number of amides is 1. The second-order valence-corrected chi connectivity index (χ2v) is 7.60. The van der Waals surface area contributed by atoms with E-state index >= 15 is 0 Å². The Balaban J connectivity index is 1.51. The van der Waals surface area contributed by atoms with Gasteiger partial charge in [-0.05, 0) is 56.1 Å². The lowest BCUT2D eigenvalue weighted by atomic mass is 9.94. The first kappa shape index (κ1) is 21.3. The van der Waals surface area contributed by atoms with Crippen molar-refractivity contribution in [2.24, 2.45) is 5.92 Å². The Kier molecular flexibility index (Phi) is 8.08. The van der Waals surface area contributed by atoms with Gasteiger partial charge in [0.2, 0.25) is 5.91 Å². The molecule has 1 heterocycles. The molecule has 0 aliphatic carbocycles. The summed E-state index contributed by atoms with van der Waals surface area (Å²) in [6.07, 6.45) is 1.74. The maximum Gasteiger partial charge on any atom is 0.226 e. The summed E-state index contributed by atoms with van der Waals surface area (Å²) in [4.78, 5) is 17.3. The van der Waals surface area contributed by atoms with E-state index in [0.29, 0.717) is 19.7 Å². The minimum absolute atomic E-state index is 0.00480. The van der Waals surface area contributed by atoms with Crippen LogP contribution < -0.4 is 4.74 Å². The summed E-state index contributed by atoms with van der Waals surface area (Å²) >= 11 is 0. The maximum absolute atomic E-state index is 13.0. The molecular weight excluding hydrogens is 364 g/mol. The van der Waals surface area contributed by atoms with Crippen molar-refractivity contribution >= 4 is 5.91 Å². The molecule has 29 heavy (non-hydrogen) atoms. The largest absolute Gasteiger partial charge is 0.494 e. The number of nitrogens with zero attached hydrogens (tertiary/aromatic N) is 2.